The molecule has 0 bridgehead atoms. The molecular formula is C28H46O3Si. The average molecular weight is 459 g/mol. The molecule has 4 rings (SSSR count). The second-order valence-corrected chi connectivity index (χ2v) is 18.3. The van der Waals surface area contributed by atoms with Crippen LogP contribution in [0.5, 0.6) is 0 Å². The second kappa shape index (κ2) is 7.92. The number of aliphatic hydroxyl groups is 1. The van der Waals surface area contributed by atoms with Crippen LogP contribution in [0.15, 0.2) is 23.8 Å². The van der Waals surface area contributed by atoms with E-state index in [1.165, 1.54) is 19.3 Å². The van der Waals surface area contributed by atoms with E-state index < -0.39 is 8.32 Å². The molecule has 0 amide bonds. The summed E-state index contributed by atoms with van der Waals surface area (Å²) in [5.74, 6) is 2.65. The molecule has 3 saturated carbocycles. The predicted molar refractivity (Wildman–Crippen MR) is 134 cm³/mol. The highest BCUT2D eigenvalue weighted by Crippen LogP contribution is 2.67. The number of fused-ring (bicyclic) bond motifs is 5. The third kappa shape index (κ3) is 3.73. The maximum Gasteiger partial charge on any atom is 0.191 e. The summed E-state index contributed by atoms with van der Waals surface area (Å²) in [6.07, 6.45) is 10.9. The summed E-state index contributed by atoms with van der Waals surface area (Å²) in [5.41, 5.74) is 1.38. The van der Waals surface area contributed by atoms with Gasteiger partial charge in [-0.25, -0.2) is 0 Å². The molecule has 0 radical (unpaired) electrons. The summed E-state index contributed by atoms with van der Waals surface area (Å²) >= 11 is 0. The molecule has 8 atom stereocenters. The van der Waals surface area contributed by atoms with Crippen LogP contribution >= 0.6 is 0 Å². The van der Waals surface area contributed by atoms with Gasteiger partial charge in [0.15, 0.2) is 14.1 Å². The molecule has 3 fully saturated rings. The van der Waals surface area contributed by atoms with E-state index in [0.29, 0.717) is 36.0 Å². The van der Waals surface area contributed by atoms with Gasteiger partial charge in [0, 0.05) is 12.0 Å². The number of allylic oxidation sites excluding steroid dienone is 3. The topological polar surface area (TPSA) is 46.5 Å². The van der Waals surface area contributed by atoms with E-state index in [4.69, 9.17) is 4.43 Å². The van der Waals surface area contributed by atoms with Crippen molar-refractivity contribution in [2.75, 3.05) is 6.61 Å². The fraction of sp³-hybridized carbons (Fsp3) is 0.821. The lowest BCUT2D eigenvalue weighted by atomic mass is 9.46. The van der Waals surface area contributed by atoms with Gasteiger partial charge in [0.1, 0.15) is 0 Å². The quantitative estimate of drug-likeness (QED) is 0.487. The normalized spacial score (nSPS) is 42.7. The Morgan fingerprint density at radius 2 is 1.88 bits per heavy atom. The van der Waals surface area contributed by atoms with Crippen molar-refractivity contribution in [1.29, 1.82) is 0 Å². The Hall–Kier alpha value is -0.713. The minimum atomic E-state index is -1.74. The van der Waals surface area contributed by atoms with Crippen LogP contribution in [0.4, 0.5) is 0 Å². The van der Waals surface area contributed by atoms with E-state index in [1.807, 2.05) is 6.08 Å². The molecule has 0 aliphatic heterocycles. The first-order valence-electron chi connectivity index (χ1n) is 13.0. The summed E-state index contributed by atoms with van der Waals surface area (Å²) < 4.78 is 6.66. The van der Waals surface area contributed by atoms with Gasteiger partial charge in [-0.2, -0.15) is 0 Å². The van der Waals surface area contributed by atoms with Crippen LogP contribution in [0.2, 0.25) is 18.1 Å². The Labute approximate surface area is 197 Å². The Morgan fingerprint density at radius 1 is 1.19 bits per heavy atom. The molecule has 3 unspecified atom stereocenters. The van der Waals surface area contributed by atoms with E-state index in [9.17, 15) is 9.90 Å². The van der Waals surface area contributed by atoms with Gasteiger partial charge >= 0.3 is 0 Å². The van der Waals surface area contributed by atoms with Gasteiger partial charge in [-0.1, -0.05) is 53.2 Å². The number of rotatable bonds is 4. The van der Waals surface area contributed by atoms with Gasteiger partial charge in [0.25, 0.3) is 0 Å². The third-order valence-corrected chi connectivity index (χ3v) is 15.4. The van der Waals surface area contributed by atoms with Crippen molar-refractivity contribution in [2.45, 2.75) is 97.9 Å². The zero-order valence-electron chi connectivity index (χ0n) is 21.7. The van der Waals surface area contributed by atoms with Gasteiger partial charge in [0.2, 0.25) is 0 Å². The Balaban J connectivity index is 1.53. The number of carbonyl (C=O) groups excluding carboxylic acids is 1. The minimum absolute atomic E-state index is 0.0612. The molecule has 0 heterocycles. The van der Waals surface area contributed by atoms with Gasteiger partial charge in [-0.15, -0.1) is 0 Å². The zero-order valence-corrected chi connectivity index (χ0v) is 22.7. The van der Waals surface area contributed by atoms with E-state index in [0.717, 1.165) is 18.6 Å². The molecule has 1 N–H and O–H groups in total. The van der Waals surface area contributed by atoms with Crippen LogP contribution in [0.25, 0.3) is 0 Å². The zero-order chi connectivity index (χ0) is 23.7. The maximum absolute atomic E-state index is 12.0. The van der Waals surface area contributed by atoms with Crippen molar-refractivity contribution in [3.8, 4) is 0 Å². The molecular weight excluding hydrogens is 412 g/mol. The lowest BCUT2D eigenvalue weighted by Crippen LogP contribution is -2.55. The maximum atomic E-state index is 12.0. The molecule has 0 aromatic carbocycles. The molecule has 0 aromatic heterocycles. The smallest absolute Gasteiger partial charge is 0.191 e. The number of ketones is 1. The molecule has 4 heteroatoms. The molecule has 4 aliphatic carbocycles. The second-order valence-electron chi connectivity index (χ2n) is 13.5. The molecule has 0 aromatic rings. The first-order chi connectivity index (χ1) is 14.7. The highest BCUT2D eigenvalue weighted by molar-refractivity contribution is 6.74. The van der Waals surface area contributed by atoms with Gasteiger partial charge < -0.3 is 9.53 Å². The van der Waals surface area contributed by atoms with E-state index >= 15 is 0 Å². The van der Waals surface area contributed by atoms with Crippen LogP contribution in [-0.2, 0) is 9.22 Å². The number of hydrogen-bond acceptors (Lipinski definition) is 3. The lowest BCUT2D eigenvalue weighted by molar-refractivity contribution is -0.113. The summed E-state index contributed by atoms with van der Waals surface area (Å²) in [6.45, 7) is 19.8. The summed E-state index contributed by atoms with van der Waals surface area (Å²) in [4.78, 5) is 12.0. The molecule has 0 spiro atoms. The molecule has 4 aliphatic rings. The van der Waals surface area contributed by atoms with Crippen molar-refractivity contribution in [2.24, 2.45) is 40.4 Å². The Bertz CT molecular complexity index is 821. The summed E-state index contributed by atoms with van der Waals surface area (Å²) in [6, 6.07) is 0. The third-order valence-electron chi connectivity index (χ3n) is 10.9. The van der Waals surface area contributed by atoms with Crippen LogP contribution in [0.3, 0.4) is 0 Å². The monoisotopic (exact) mass is 458 g/mol. The van der Waals surface area contributed by atoms with E-state index in [2.05, 4.69) is 60.7 Å². The van der Waals surface area contributed by atoms with Crippen molar-refractivity contribution in [1.82, 2.24) is 0 Å². The average Bonchev–Trinajstić information content (AvgIpc) is 3.04. The van der Waals surface area contributed by atoms with Crippen molar-refractivity contribution in [3.05, 3.63) is 23.8 Å². The van der Waals surface area contributed by atoms with Gasteiger partial charge in [0.05, 0.1) is 6.10 Å². The fourth-order valence-corrected chi connectivity index (χ4v) is 8.93. The van der Waals surface area contributed by atoms with Gasteiger partial charge in [-0.3, -0.25) is 4.79 Å². The van der Waals surface area contributed by atoms with Crippen LogP contribution in [-0.4, -0.2) is 31.9 Å². The summed E-state index contributed by atoms with van der Waals surface area (Å²) in [5, 5.41) is 11.6. The highest BCUT2D eigenvalue weighted by Gasteiger charge is 2.61. The van der Waals surface area contributed by atoms with Crippen molar-refractivity contribution in [3.63, 3.8) is 0 Å². The molecule has 3 nitrogen and oxygen atoms in total. The predicted octanol–water partition coefficient (Wildman–Crippen LogP) is 6.54. The highest BCUT2D eigenvalue weighted by atomic mass is 28.4. The standard InChI is InChI=1S/C28H46O3Si/c1-18(17-31-32(7,8)26(2,3)4)21-9-10-22-25-23(12-14-28(21,22)6)27(5)13-11-20(29)15-19(27)16-24(25)30/h11,13,15,18,21-25,30H,9-10,12,14,16-17H2,1-8H3/t18-,21-,22?,23?,24-,25?,27+,28-/m1/s1. The molecule has 0 saturated heterocycles. The largest absolute Gasteiger partial charge is 0.417 e. The van der Waals surface area contributed by atoms with Crippen molar-refractivity contribution < 1.29 is 14.3 Å². The molecule has 32 heavy (non-hydrogen) atoms. The van der Waals surface area contributed by atoms with Crippen LogP contribution < -0.4 is 0 Å². The lowest BCUT2D eigenvalue weighted by Gasteiger charge is -2.59. The first kappa shape index (κ1) is 24.4. The minimum Gasteiger partial charge on any atom is -0.417 e. The number of carbonyl (C=O) groups is 1. The van der Waals surface area contributed by atoms with Crippen molar-refractivity contribution >= 4 is 14.1 Å². The molecule has 180 valence electrons. The van der Waals surface area contributed by atoms with Crippen LogP contribution in [0, 0.1) is 40.4 Å². The van der Waals surface area contributed by atoms with E-state index in [1.54, 1.807) is 6.08 Å². The summed E-state index contributed by atoms with van der Waals surface area (Å²) in [7, 11) is -1.74. The van der Waals surface area contributed by atoms with Gasteiger partial charge in [-0.05, 0) is 97.4 Å². The fourth-order valence-electron chi connectivity index (χ4n) is 7.82. The Kier molecular flexibility index (Phi) is 6.04. The van der Waals surface area contributed by atoms with E-state index in [-0.39, 0.29) is 27.8 Å². The SMILES string of the molecule is C[C@H](CO[Si](C)(C)C(C)(C)C)[C@H]1CCC2C3C(CC[C@@]21C)[C@@]1(C)C=CC(=O)C=C1C[C@H]3O. The number of aliphatic hydroxyl groups excluding tert-OH is 1. The first-order valence-corrected chi connectivity index (χ1v) is 15.9. The number of hydrogen-bond donors (Lipinski definition) is 1. The Morgan fingerprint density at radius 3 is 2.53 bits per heavy atom. The van der Waals surface area contributed by atoms with Crippen LogP contribution in [0.1, 0.15) is 73.6 Å².